The third-order valence-electron chi connectivity index (χ3n) is 1.24. The fraction of sp³-hybridized carbons (Fsp3) is 0.200. The summed E-state index contributed by atoms with van der Waals surface area (Å²) < 4.78 is 0. The van der Waals surface area contributed by atoms with E-state index in [9.17, 15) is 4.79 Å². The van der Waals surface area contributed by atoms with Gasteiger partial charge in [0, 0.05) is 0 Å². The monoisotopic (exact) mass is 300 g/mol. The van der Waals surface area contributed by atoms with Crippen molar-refractivity contribution >= 4 is 35.7 Å². The van der Waals surface area contributed by atoms with Crippen LogP contribution in [0.5, 0.6) is 0 Å². The minimum absolute atomic E-state index is 0. The van der Waals surface area contributed by atoms with Gasteiger partial charge in [-0.1, -0.05) is 63.0 Å². The Morgan fingerprint density at radius 3 is 2.11 bits per heavy atom. The fourth-order valence-corrected chi connectivity index (χ4v) is 0.820. The van der Waals surface area contributed by atoms with Crippen molar-refractivity contribution in [1.82, 2.24) is 5.48 Å². The Bertz CT molecular complexity index is 341. The molecule has 5 nitrogen and oxygen atoms in total. The molecule has 0 radical (unpaired) electrons. The number of nitrogens with two attached hydrogens (primary N) is 1. The first-order valence-electron chi connectivity index (χ1n) is 4.15. The van der Waals surface area contributed by atoms with E-state index in [1.54, 1.807) is 0 Å². The second kappa shape index (κ2) is 14.9. The second-order valence-corrected chi connectivity index (χ2v) is 3.37. The number of hydrogen-bond donors (Lipinski definition) is 4. The number of primary amides is 1. The SMILES string of the molecule is C.NC(=O)S.O=C(S)NOCc1ccccc1.[H-].[Na+]. The molecular weight excluding hydrogens is 283 g/mol. The summed E-state index contributed by atoms with van der Waals surface area (Å²) in [6.07, 6.45) is 0. The Kier molecular flexibility index (Phi) is 19.0. The van der Waals surface area contributed by atoms with Crippen LogP contribution in [-0.2, 0) is 11.4 Å². The van der Waals surface area contributed by atoms with E-state index in [1.165, 1.54) is 0 Å². The zero-order valence-corrected chi connectivity index (χ0v) is 13.1. The van der Waals surface area contributed by atoms with Crippen molar-refractivity contribution in [3.05, 3.63) is 35.9 Å². The molecule has 2 amide bonds. The normalized spacial score (nSPS) is 7.67. The molecule has 0 heterocycles. The van der Waals surface area contributed by atoms with Crippen LogP contribution in [0.25, 0.3) is 0 Å². The summed E-state index contributed by atoms with van der Waals surface area (Å²) in [7, 11) is 0. The number of hydroxylamine groups is 1. The van der Waals surface area contributed by atoms with Gasteiger partial charge in [-0.3, -0.25) is 14.4 Å². The van der Waals surface area contributed by atoms with Crippen LogP contribution in [0.1, 0.15) is 14.4 Å². The Hall–Kier alpha value is -0.180. The van der Waals surface area contributed by atoms with Gasteiger partial charge in [0.15, 0.2) is 0 Å². The van der Waals surface area contributed by atoms with E-state index in [0.717, 1.165) is 5.56 Å². The van der Waals surface area contributed by atoms with Crippen LogP contribution >= 0.6 is 25.3 Å². The molecule has 1 rings (SSSR count). The van der Waals surface area contributed by atoms with Gasteiger partial charge in [-0.05, 0) is 5.56 Å². The van der Waals surface area contributed by atoms with Crippen molar-refractivity contribution in [1.29, 1.82) is 0 Å². The zero-order valence-electron chi connectivity index (χ0n) is 10.3. The minimum atomic E-state index is -0.639. The van der Waals surface area contributed by atoms with Crippen LogP contribution in [0.15, 0.2) is 30.3 Å². The van der Waals surface area contributed by atoms with Crippen molar-refractivity contribution in [2.24, 2.45) is 5.73 Å². The zero-order chi connectivity index (χ0) is 12.4. The number of thiol groups is 2. The molecule has 0 saturated carbocycles. The second-order valence-electron chi connectivity index (χ2n) is 2.52. The van der Waals surface area contributed by atoms with Gasteiger partial charge < -0.3 is 7.16 Å². The molecule has 0 aromatic heterocycles. The van der Waals surface area contributed by atoms with Crippen molar-refractivity contribution in [2.45, 2.75) is 14.0 Å². The maximum absolute atomic E-state index is 10.3. The van der Waals surface area contributed by atoms with Crippen LogP contribution in [0.3, 0.4) is 0 Å². The summed E-state index contributed by atoms with van der Waals surface area (Å²) in [5, 5.41) is -1.13. The average molecular weight is 300 g/mol. The first-order chi connectivity index (χ1) is 7.52. The maximum Gasteiger partial charge on any atom is 1.00 e. The molecule has 1 aromatic carbocycles. The van der Waals surface area contributed by atoms with E-state index < -0.39 is 10.5 Å². The molecule has 0 aliphatic heterocycles. The Labute approximate surface area is 141 Å². The van der Waals surface area contributed by atoms with E-state index >= 15 is 0 Å². The van der Waals surface area contributed by atoms with Gasteiger partial charge in [0.1, 0.15) is 0 Å². The van der Waals surface area contributed by atoms with E-state index in [0.29, 0.717) is 6.61 Å². The van der Waals surface area contributed by atoms with E-state index in [-0.39, 0.29) is 38.4 Å². The van der Waals surface area contributed by atoms with Gasteiger partial charge in [-0.15, -0.1) is 0 Å². The van der Waals surface area contributed by atoms with Gasteiger partial charge in [0.05, 0.1) is 6.61 Å². The van der Waals surface area contributed by atoms with E-state index in [1.807, 2.05) is 30.3 Å². The molecule has 0 bridgehead atoms. The van der Waals surface area contributed by atoms with Crippen molar-refractivity contribution < 1.29 is 45.4 Å². The fourth-order valence-electron chi connectivity index (χ4n) is 0.755. The topological polar surface area (TPSA) is 81.4 Å². The molecule has 0 spiro atoms. The molecule has 0 fully saturated rings. The van der Waals surface area contributed by atoms with Crippen molar-refractivity contribution in [2.75, 3.05) is 0 Å². The quantitative estimate of drug-likeness (QED) is 0.345. The van der Waals surface area contributed by atoms with Gasteiger partial charge in [0.25, 0.3) is 10.5 Å². The number of nitrogens with one attached hydrogen (secondary N) is 1. The van der Waals surface area contributed by atoms with Crippen molar-refractivity contribution in [3.63, 3.8) is 0 Å². The summed E-state index contributed by atoms with van der Waals surface area (Å²) in [6.45, 7) is 0.354. The number of rotatable bonds is 3. The van der Waals surface area contributed by atoms with Crippen LogP contribution in [0.2, 0.25) is 0 Å². The third-order valence-corrected chi connectivity index (χ3v) is 1.33. The largest absolute Gasteiger partial charge is 1.00 e. The standard InChI is InChI=1S/C8H9NO2S.CH3NOS.CH4.Na.H/c10-8(12)9-11-6-7-4-2-1-3-5-7;2-1(3)4;;;/h1-5H,6H2,(H2,9,10,12);(H3,2,3,4);1H4;;/q;;;+1;-1. The average Bonchev–Trinajstić information content (AvgIpc) is 2.18. The molecule has 0 unspecified atom stereocenters. The van der Waals surface area contributed by atoms with Gasteiger partial charge >= 0.3 is 29.6 Å². The Morgan fingerprint density at radius 1 is 1.28 bits per heavy atom. The van der Waals surface area contributed by atoms with Crippen LogP contribution in [-0.4, -0.2) is 10.5 Å². The van der Waals surface area contributed by atoms with Gasteiger partial charge in [0.2, 0.25) is 0 Å². The molecule has 0 aliphatic rings. The number of amides is 2. The van der Waals surface area contributed by atoms with E-state index in [4.69, 9.17) is 9.63 Å². The minimum Gasteiger partial charge on any atom is -1.00 e. The number of benzene rings is 1. The summed E-state index contributed by atoms with van der Waals surface area (Å²) in [4.78, 5) is 24.2. The third kappa shape index (κ3) is 18.2. The molecule has 0 atom stereocenters. The van der Waals surface area contributed by atoms with Gasteiger partial charge in [-0.2, -0.15) is 0 Å². The number of hydrogen-bond acceptors (Lipinski definition) is 3. The maximum atomic E-state index is 10.3. The van der Waals surface area contributed by atoms with Crippen LogP contribution in [0.4, 0.5) is 9.59 Å². The molecular formula is C10H17N2NaO3S2. The summed E-state index contributed by atoms with van der Waals surface area (Å²) >= 11 is 6.57. The van der Waals surface area contributed by atoms with E-state index in [2.05, 4.69) is 36.5 Å². The van der Waals surface area contributed by atoms with Crippen molar-refractivity contribution in [3.8, 4) is 0 Å². The molecule has 3 N–H and O–H groups in total. The first kappa shape index (κ1) is 23.0. The molecule has 0 aliphatic carbocycles. The first-order valence-corrected chi connectivity index (χ1v) is 5.05. The van der Waals surface area contributed by atoms with Gasteiger partial charge in [-0.25, -0.2) is 5.48 Å². The number of carbonyl (C=O) groups excluding carboxylic acids is 2. The summed E-state index contributed by atoms with van der Waals surface area (Å²) in [5.41, 5.74) is 7.46. The molecule has 98 valence electrons. The molecule has 0 saturated heterocycles. The Morgan fingerprint density at radius 2 is 1.72 bits per heavy atom. The molecule has 8 heteroatoms. The smallest absolute Gasteiger partial charge is 1.00 e. The predicted molar refractivity (Wildman–Crippen MR) is 75.2 cm³/mol. The molecule has 18 heavy (non-hydrogen) atoms. The summed E-state index contributed by atoms with van der Waals surface area (Å²) in [5.74, 6) is 0. The predicted octanol–water partition coefficient (Wildman–Crippen LogP) is -0.495. The number of carbonyl (C=O) groups is 2. The Balaban J connectivity index is -0.000000144. The molecule has 1 aromatic rings. The van der Waals surface area contributed by atoms with Crippen LogP contribution in [0, 0.1) is 0 Å². The summed E-state index contributed by atoms with van der Waals surface area (Å²) in [6, 6.07) is 9.54. The van der Waals surface area contributed by atoms with Crippen LogP contribution < -0.4 is 40.8 Å².